The van der Waals surface area contributed by atoms with E-state index >= 15 is 0 Å². The highest BCUT2D eigenvalue weighted by Gasteiger charge is 2.30. The molecule has 2 fully saturated rings. The molecule has 2 aromatic rings. The summed E-state index contributed by atoms with van der Waals surface area (Å²) in [6.45, 7) is 4.07. The van der Waals surface area contributed by atoms with Gasteiger partial charge in [0.1, 0.15) is 11.3 Å². The Morgan fingerprint density at radius 1 is 1.23 bits per heavy atom. The Balaban J connectivity index is 1.87. The average Bonchev–Trinajstić information content (AvgIpc) is 3.18. The van der Waals surface area contributed by atoms with Crippen molar-refractivity contribution in [1.29, 1.82) is 0 Å². The van der Waals surface area contributed by atoms with Crippen molar-refractivity contribution >= 4 is 11.0 Å². The third-order valence-corrected chi connectivity index (χ3v) is 5.35. The van der Waals surface area contributed by atoms with Gasteiger partial charge in [-0.1, -0.05) is 19.8 Å². The molecular weight excluding hydrogens is 278 g/mol. The highest BCUT2D eigenvalue weighted by atomic mass is 16.1. The second-order valence-electron chi connectivity index (χ2n) is 6.88. The molecule has 0 unspecified atom stereocenters. The molecule has 0 bridgehead atoms. The van der Waals surface area contributed by atoms with Crippen molar-refractivity contribution in [2.75, 3.05) is 13.1 Å². The SMILES string of the molecule is C[C@@H]1CNC[C@H]1c1nc2c(C3CCCC3)nn(C)c2c(=O)[nH]1. The Bertz CT molecular complexity index is 756. The first kappa shape index (κ1) is 13.9. The van der Waals surface area contributed by atoms with Crippen molar-refractivity contribution in [2.24, 2.45) is 13.0 Å². The minimum absolute atomic E-state index is 0.0571. The lowest BCUT2D eigenvalue weighted by Gasteiger charge is -2.13. The van der Waals surface area contributed by atoms with Gasteiger partial charge in [0.05, 0.1) is 5.69 Å². The number of aryl methyl sites for hydroxylation is 1. The van der Waals surface area contributed by atoms with E-state index in [1.54, 1.807) is 4.68 Å². The Morgan fingerprint density at radius 3 is 2.68 bits per heavy atom. The molecule has 0 amide bonds. The molecule has 2 aromatic heterocycles. The summed E-state index contributed by atoms with van der Waals surface area (Å²) in [5.41, 5.74) is 2.41. The van der Waals surface area contributed by atoms with E-state index in [0.717, 1.165) is 43.0 Å². The summed E-state index contributed by atoms with van der Waals surface area (Å²) in [6.07, 6.45) is 4.83. The van der Waals surface area contributed by atoms with E-state index in [2.05, 4.69) is 22.3 Å². The molecule has 4 rings (SSSR count). The molecule has 2 atom stereocenters. The maximum atomic E-state index is 12.5. The van der Waals surface area contributed by atoms with Crippen LogP contribution in [0.4, 0.5) is 0 Å². The molecule has 0 spiro atoms. The molecule has 0 radical (unpaired) electrons. The molecule has 1 saturated heterocycles. The fraction of sp³-hybridized carbons (Fsp3) is 0.688. The van der Waals surface area contributed by atoms with Gasteiger partial charge in [-0.15, -0.1) is 0 Å². The van der Waals surface area contributed by atoms with Gasteiger partial charge in [-0.05, 0) is 25.3 Å². The summed E-state index contributed by atoms with van der Waals surface area (Å²) in [5, 5.41) is 8.02. The van der Waals surface area contributed by atoms with Crippen LogP contribution in [0.5, 0.6) is 0 Å². The van der Waals surface area contributed by atoms with Gasteiger partial charge >= 0.3 is 0 Å². The normalized spacial score (nSPS) is 26.3. The zero-order chi connectivity index (χ0) is 15.3. The van der Waals surface area contributed by atoms with Crippen LogP contribution in [0.2, 0.25) is 0 Å². The number of aromatic nitrogens is 4. The second-order valence-corrected chi connectivity index (χ2v) is 6.88. The average molecular weight is 301 g/mol. The Labute approximate surface area is 129 Å². The molecular formula is C16H23N5O. The molecule has 1 saturated carbocycles. The van der Waals surface area contributed by atoms with E-state index < -0.39 is 0 Å². The van der Waals surface area contributed by atoms with E-state index in [9.17, 15) is 4.79 Å². The van der Waals surface area contributed by atoms with Gasteiger partial charge in [-0.3, -0.25) is 9.48 Å². The summed E-state index contributed by atoms with van der Waals surface area (Å²) in [7, 11) is 1.84. The number of hydrogen-bond acceptors (Lipinski definition) is 4. The molecule has 1 aliphatic carbocycles. The van der Waals surface area contributed by atoms with Gasteiger partial charge in [0, 0.05) is 25.4 Å². The molecule has 0 aromatic carbocycles. The summed E-state index contributed by atoms with van der Waals surface area (Å²) in [5.74, 6) is 2.06. The number of fused-ring (bicyclic) bond motifs is 1. The van der Waals surface area contributed by atoms with Crippen LogP contribution in [0.3, 0.4) is 0 Å². The first-order valence-corrected chi connectivity index (χ1v) is 8.32. The molecule has 6 heteroatoms. The Kier molecular flexibility index (Phi) is 3.29. The van der Waals surface area contributed by atoms with Crippen LogP contribution in [0.15, 0.2) is 4.79 Å². The van der Waals surface area contributed by atoms with Crippen molar-refractivity contribution in [3.63, 3.8) is 0 Å². The van der Waals surface area contributed by atoms with Gasteiger partial charge in [0.15, 0.2) is 5.52 Å². The van der Waals surface area contributed by atoms with Crippen molar-refractivity contribution in [1.82, 2.24) is 25.1 Å². The van der Waals surface area contributed by atoms with E-state index in [-0.39, 0.29) is 11.5 Å². The largest absolute Gasteiger partial charge is 0.316 e. The Hall–Kier alpha value is -1.69. The van der Waals surface area contributed by atoms with E-state index in [1.807, 2.05) is 7.05 Å². The molecule has 3 heterocycles. The van der Waals surface area contributed by atoms with Crippen LogP contribution in [0, 0.1) is 5.92 Å². The number of H-pyrrole nitrogens is 1. The first-order chi connectivity index (χ1) is 10.6. The van der Waals surface area contributed by atoms with Gasteiger partial charge in [-0.25, -0.2) is 4.98 Å². The predicted molar refractivity (Wildman–Crippen MR) is 85.1 cm³/mol. The lowest BCUT2D eigenvalue weighted by Crippen LogP contribution is -2.19. The topological polar surface area (TPSA) is 75.6 Å². The Morgan fingerprint density at radius 2 is 2.00 bits per heavy atom. The minimum Gasteiger partial charge on any atom is -0.316 e. The van der Waals surface area contributed by atoms with Crippen LogP contribution in [0.1, 0.15) is 56.0 Å². The summed E-state index contributed by atoms with van der Waals surface area (Å²) < 4.78 is 1.70. The summed E-state index contributed by atoms with van der Waals surface area (Å²) in [6, 6.07) is 0. The van der Waals surface area contributed by atoms with Crippen LogP contribution in [0.25, 0.3) is 11.0 Å². The zero-order valence-electron chi connectivity index (χ0n) is 13.2. The summed E-state index contributed by atoms with van der Waals surface area (Å²) >= 11 is 0. The standard InChI is InChI=1S/C16H23N5O/c1-9-7-17-8-11(9)15-18-13-12(10-5-3-4-6-10)20-21(2)14(13)16(22)19-15/h9-11,17H,3-8H2,1-2H3,(H,18,19,22)/t9-,11-/m1/s1. The quantitative estimate of drug-likeness (QED) is 0.884. The lowest BCUT2D eigenvalue weighted by atomic mass is 9.97. The van der Waals surface area contributed by atoms with Crippen molar-refractivity contribution in [3.05, 3.63) is 21.9 Å². The first-order valence-electron chi connectivity index (χ1n) is 8.32. The maximum Gasteiger partial charge on any atom is 0.277 e. The third-order valence-electron chi connectivity index (χ3n) is 5.35. The maximum absolute atomic E-state index is 12.5. The van der Waals surface area contributed by atoms with Gasteiger partial charge < -0.3 is 10.3 Å². The van der Waals surface area contributed by atoms with Crippen LogP contribution >= 0.6 is 0 Å². The van der Waals surface area contributed by atoms with Crippen LogP contribution in [-0.2, 0) is 7.05 Å². The van der Waals surface area contributed by atoms with Crippen molar-refractivity contribution in [2.45, 2.75) is 44.4 Å². The fourth-order valence-corrected chi connectivity index (χ4v) is 4.05. The minimum atomic E-state index is -0.0571. The number of aromatic amines is 1. The van der Waals surface area contributed by atoms with Gasteiger partial charge in [0.25, 0.3) is 5.56 Å². The monoisotopic (exact) mass is 301 g/mol. The number of hydrogen-bond donors (Lipinski definition) is 2. The van der Waals surface area contributed by atoms with Gasteiger partial charge in [-0.2, -0.15) is 5.10 Å². The van der Waals surface area contributed by atoms with Crippen LogP contribution < -0.4 is 10.9 Å². The summed E-state index contributed by atoms with van der Waals surface area (Å²) in [4.78, 5) is 20.4. The number of nitrogens with one attached hydrogen (secondary N) is 2. The van der Waals surface area contributed by atoms with Crippen LogP contribution in [-0.4, -0.2) is 32.8 Å². The molecule has 2 aliphatic rings. The zero-order valence-corrected chi connectivity index (χ0v) is 13.2. The van der Waals surface area contributed by atoms with Crippen molar-refractivity contribution < 1.29 is 0 Å². The van der Waals surface area contributed by atoms with Gasteiger partial charge in [0.2, 0.25) is 0 Å². The van der Waals surface area contributed by atoms with E-state index in [0.29, 0.717) is 17.4 Å². The lowest BCUT2D eigenvalue weighted by molar-refractivity contribution is 0.546. The second kappa shape index (κ2) is 5.19. The highest BCUT2D eigenvalue weighted by molar-refractivity contribution is 5.77. The van der Waals surface area contributed by atoms with E-state index in [4.69, 9.17) is 4.98 Å². The smallest absolute Gasteiger partial charge is 0.277 e. The molecule has 2 N–H and O–H groups in total. The predicted octanol–water partition coefficient (Wildman–Crippen LogP) is 1.64. The molecule has 118 valence electrons. The fourth-order valence-electron chi connectivity index (χ4n) is 4.05. The molecule has 6 nitrogen and oxygen atoms in total. The number of rotatable bonds is 2. The number of nitrogens with zero attached hydrogens (tertiary/aromatic N) is 3. The molecule has 1 aliphatic heterocycles. The van der Waals surface area contributed by atoms with E-state index in [1.165, 1.54) is 12.8 Å². The third kappa shape index (κ3) is 2.08. The molecule has 22 heavy (non-hydrogen) atoms. The van der Waals surface area contributed by atoms with Crippen molar-refractivity contribution in [3.8, 4) is 0 Å². The highest BCUT2D eigenvalue weighted by Crippen LogP contribution is 2.36.